The van der Waals surface area contributed by atoms with Crippen molar-refractivity contribution in [3.8, 4) is 5.75 Å². The molecule has 0 aliphatic heterocycles. The van der Waals surface area contributed by atoms with Crippen LogP contribution in [-0.2, 0) is 11.2 Å². The van der Waals surface area contributed by atoms with Gasteiger partial charge in [0, 0.05) is 6.54 Å². The summed E-state index contributed by atoms with van der Waals surface area (Å²) in [5.74, 6) is 0.800. The van der Waals surface area contributed by atoms with Crippen molar-refractivity contribution in [2.75, 3.05) is 13.2 Å². The van der Waals surface area contributed by atoms with Gasteiger partial charge in [0.1, 0.15) is 5.75 Å². The first kappa shape index (κ1) is 16.3. The standard InChI is InChI=1S/C17H25NO2/c1-3-5-8-15-9-11-16(12-10-15)20-14-7-6-13-18-17(19)4-2/h4,9-12H,2-3,5-8,13-14H2,1H3,(H,18,19). The van der Waals surface area contributed by atoms with Crippen LogP contribution in [0.4, 0.5) is 0 Å². The second kappa shape index (κ2) is 10.1. The summed E-state index contributed by atoms with van der Waals surface area (Å²) < 4.78 is 5.67. The number of hydrogen-bond acceptors (Lipinski definition) is 2. The molecule has 0 saturated heterocycles. The molecule has 110 valence electrons. The van der Waals surface area contributed by atoms with E-state index < -0.39 is 0 Å². The van der Waals surface area contributed by atoms with Crippen LogP contribution in [0.1, 0.15) is 38.2 Å². The normalized spacial score (nSPS) is 10.1. The molecule has 1 amide bonds. The molecule has 0 aromatic heterocycles. The van der Waals surface area contributed by atoms with Gasteiger partial charge >= 0.3 is 0 Å². The van der Waals surface area contributed by atoms with E-state index in [1.807, 2.05) is 12.1 Å². The molecule has 0 spiro atoms. The van der Waals surface area contributed by atoms with Crippen LogP contribution in [0.15, 0.2) is 36.9 Å². The Labute approximate surface area is 122 Å². The Balaban J connectivity index is 2.12. The third-order valence-corrected chi connectivity index (χ3v) is 3.07. The van der Waals surface area contributed by atoms with Gasteiger partial charge in [-0.25, -0.2) is 0 Å². The molecule has 0 aliphatic rings. The number of nitrogens with one attached hydrogen (secondary N) is 1. The molecule has 1 aromatic rings. The maximum atomic E-state index is 10.9. The highest BCUT2D eigenvalue weighted by atomic mass is 16.5. The molecule has 0 radical (unpaired) electrons. The lowest BCUT2D eigenvalue weighted by Gasteiger charge is -2.07. The number of benzene rings is 1. The monoisotopic (exact) mass is 275 g/mol. The van der Waals surface area contributed by atoms with Crippen molar-refractivity contribution in [1.82, 2.24) is 5.32 Å². The topological polar surface area (TPSA) is 38.3 Å². The summed E-state index contributed by atoms with van der Waals surface area (Å²) in [5, 5.41) is 2.75. The SMILES string of the molecule is C=CC(=O)NCCCCOc1ccc(CCCC)cc1. The summed E-state index contributed by atoms with van der Waals surface area (Å²) in [5.41, 5.74) is 1.37. The molecule has 0 atom stereocenters. The van der Waals surface area contributed by atoms with Gasteiger partial charge in [-0.15, -0.1) is 0 Å². The Morgan fingerprint density at radius 3 is 2.65 bits per heavy atom. The van der Waals surface area contributed by atoms with Crippen molar-refractivity contribution in [3.63, 3.8) is 0 Å². The predicted molar refractivity (Wildman–Crippen MR) is 83.0 cm³/mol. The van der Waals surface area contributed by atoms with Crippen molar-refractivity contribution in [2.45, 2.75) is 39.0 Å². The van der Waals surface area contributed by atoms with Gasteiger partial charge in [-0.1, -0.05) is 32.1 Å². The summed E-state index contributed by atoms with van der Waals surface area (Å²) in [7, 11) is 0. The Hall–Kier alpha value is -1.77. The largest absolute Gasteiger partial charge is 0.494 e. The van der Waals surface area contributed by atoms with E-state index in [0.717, 1.165) is 25.0 Å². The van der Waals surface area contributed by atoms with Crippen LogP contribution in [0, 0.1) is 0 Å². The molecular weight excluding hydrogens is 250 g/mol. The molecule has 3 heteroatoms. The highest BCUT2D eigenvalue weighted by Crippen LogP contribution is 2.14. The number of carbonyl (C=O) groups is 1. The average molecular weight is 275 g/mol. The maximum Gasteiger partial charge on any atom is 0.243 e. The van der Waals surface area contributed by atoms with Crippen LogP contribution in [0.2, 0.25) is 0 Å². The molecule has 1 aromatic carbocycles. The van der Waals surface area contributed by atoms with E-state index in [1.165, 1.54) is 24.5 Å². The summed E-state index contributed by atoms with van der Waals surface area (Å²) in [4.78, 5) is 10.9. The molecule has 20 heavy (non-hydrogen) atoms. The van der Waals surface area contributed by atoms with Gasteiger partial charge in [-0.2, -0.15) is 0 Å². The first-order valence-electron chi connectivity index (χ1n) is 7.38. The fraction of sp³-hybridized carbons (Fsp3) is 0.471. The minimum atomic E-state index is -0.117. The van der Waals surface area contributed by atoms with Gasteiger partial charge in [-0.3, -0.25) is 4.79 Å². The maximum absolute atomic E-state index is 10.9. The van der Waals surface area contributed by atoms with Crippen molar-refractivity contribution in [1.29, 1.82) is 0 Å². The second-order valence-electron chi connectivity index (χ2n) is 4.80. The Bertz CT molecular complexity index is 398. The third-order valence-electron chi connectivity index (χ3n) is 3.07. The number of rotatable bonds is 10. The van der Waals surface area contributed by atoms with Crippen LogP contribution in [0.5, 0.6) is 5.75 Å². The number of amides is 1. The Morgan fingerprint density at radius 1 is 1.25 bits per heavy atom. The van der Waals surface area contributed by atoms with Crippen LogP contribution in [-0.4, -0.2) is 19.1 Å². The van der Waals surface area contributed by atoms with E-state index in [0.29, 0.717) is 13.2 Å². The number of hydrogen-bond donors (Lipinski definition) is 1. The highest BCUT2D eigenvalue weighted by molar-refractivity contribution is 5.86. The van der Waals surface area contributed by atoms with Gasteiger partial charge in [0.2, 0.25) is 5.91 Å². The highest BCUT2D eigenvalue weighted by Gasteiger charge is 1.97. The van der Waals surface area contributed by atoms with Crippen molar-refractivity contribution in [3.05, 3.63) is 42.5 Å². The summed E-state index contributed by atoms with van der Waals surface area (Å²) >= 11 is 0. The van der Waals surface area contributed by atoms with E-state index in [2.05, 4.69) is 31.0 Å². The quantitative estimate of drug-likeness (QED) is 0.524. The molecule has 1 rings (SSSR count). The predicted octanol–water partition coefficient (Wildman–Crippen LogP) is 3.49. The first-order valence-corrected chi connectivity index (χ1v) is 7.38. The number of ether oxygens (including phenoxy) is 1. The fourth-order valence-electron chi connectivity index (χ4n) is 1.83. The van der Waals surface area contributed by atoms with Gasteiger partial charge in [0.05, 0.1) is 6.61 Å². The smallest absolute Gasteiger partial charge is 0.243 e. The van der Waals surface area contributed by atoms with E-state index in [-0.39, 0.29) is 5.91 Å². The van der Waals surface area contributed by atoms with Crippen molar-refractivity contribution < 1.29 is 9.53 Å². The second-order valence-corrected chi connectivity index (χ2v) is 4.80. The lowest BCUT2D eigenvalue weighted by molar-refractivity contribution is -0.116. The van der Waals surface area contributed by atoms with Crippen LogP contribution in [0.3, 0.4) is 0 Å². The summed E-state index contributed by atoms with van der Waals surface area (Å²) in [6.07, 6.45) is 6.72. The summed E-state index contributed by atoms with van der Waals surface area (Å²) in [6.45, 7) is 6.96. The molecule has 3 nitrogen and oxygen atoms in total. The lowest BCUT2D eigenvalue weighted by Crippen LogP contribution is -2.22. The lowest BCUT2D eigenvalue weighted by atomic mass is 10.1. The summed E-state index contributed by atoms with van der Waals surface area (Å²) in [6, 6.07) is 8.33. The Kier molecular flexibility index (Phi) is 8.20. The third kappa shape index (κ3) is 6.98. The molecule has 0 fully saturated rings. The van der Waals surface area contributed by atoms with Crippen molar-refractivity contribution >= 4 is 5.91 Å². The van der Waals surface area contributed by atoms with Gasteiger partial charge in [0.15, 0.2) is 0 Å². The molecular formula is C17H25NO2. The average Bonchev–Trinajstić information content (AvgIpc) is 2.49. The number of carbonyl (C=O) groups excluding carboxylic acids is 1. The zero-order valence-corrected chi connectivity index (χ0v) is 12.4. The van der Waals surface area contributed by atoms with Gasteiger partial charge < -0.3 is 10.1 Å². The number of unbranched alkanes of at least 4 members (excludes halogenated alkanes) is 2. The van der Waals surface area contributed by atoms with Gasteiger partial charge in [-0.05, 0) is 49.5 Å². The van der Waals surface area contributed by atoms with Crippen molar-refractivity contribution in [2.24, 2.45) is 0 Å². The van der Waals surface area contributed by atoms with E-state index in [4.69, 9.17) is 4.74 Å². The van der Waals surface area contributed by atoms with Crippen LogP contribution < -0.4 is 10.1 Å². The van der Waals surface area contributed by atoms with E-state index in [1.54, 1.807) is 0 Å². The van der Waals surface area contributed by atoms with Crippen LogP contribution >= 0.6 is 0 Å². The first-order chi connectivity index (χ1) is 9.76. The Morgan fingerprint density at radius 2 is 2.00 bits per heavy atom. The number of aryl methyl sites for hydroxylation is 1. The molecule has 0 bridgehead atoms. The van der Waals surface area contributed by atoms with E-state index in [9.17, 15) is 4.79 Å². The molecule has 1 N–H and O–H groups in total. The molecule has 0 saturated carbocycles. The minimum Gasteiger partial charge on any atom is -0.494 e. The minimum absolute atomic E-state index is 0.117. The van der Waals surface area contributed by atoms with Crippen LogP contribution in [0.25, 0.3) is 0 Å². The van der Waals surface area contributed by atoms with Gasteiger partial charge in [0.25, 0.3) is 0 Å². The van der Waals surface area contributed by atoms with E-state index >= 15 is 0 Å². The molecule has 0 unspecified atom stereocenters. The fourth-order valence-corrected chi connectivity index (χ4v) is 1.83. The molecule has 0 heterocycles. The zero-order chi connectivity index (χ0) is 14.6. The zero-order valence-electron chi connectivity index (χ0n) is 12.4. The molecule has 0 aliphatic carbocycles.